The Morgan fingerprint density at radius 3 is 2.50 bits per heavy atom. The molecule has 1 N–H and O–H groups in total. The van der Waals surface area contributed by atoms with Crippen LogP contribution >= 0.6 is 0 Å². The third-order valence-corrected chi connectivity index (χ3v) is 3.95. The van der Waals surface area contributed by atoms with Gasteiger partial charge in [-0.25, -0.2) is 0 Å². The number of hydrogen-bond donors (Lipinski definition) is 1. The van der Waals surface area contributed by atoms with E-state index >= 15 is 0 Å². The number of benzene rings is 1. The number of carbonyl (C=O) groups is 1. The second-order valence-corrected chi connectivity index (χ2v) is 5.79. The van der Waals surface area contributed by atoms with E-state index in [1.807, 2.05) is 57.2 Å². The molecule has 5 nitrogen and oxygen atoms in total. The van der Waals surface area contributed by atoms with Gasteiger partial charge in [0.2, 0.25) is 0 Å². The summed E-state index contributed by atoms with van der Waals surface area (Å²) in [6.45, 7) is 6.21. The minimum absolute atomic E-state index is 0.104. The predicted molar refractivity (Wildman–Crippen MR) is 93.2 cm³/mol. The maximum atomic E-state index is 12.5. The third-order valence-electron chi connectivity index (χ3n) is 3.95. The summed E-state index contributed by atoms with van der Waals surface area (Å²) in [6, 6.07) is 11.9. The Morgan fingerprint density at radius 2 is 1.83 bits per heavy atom. The standard InChI is InChI=1S/C19H20N4O/c1-13-10-21-16(11-20-13)12-22-19(24)18-9-14(2)23(15(18)3)17-7-5-4-6-8-17/h4-11H,12H2,1-3H3,(H,22,24). The van der Waals surface area contributed by atoms with Gasteiger partial charge in [0.05, 0.1) is 29.7 Å². The minimum Gasteiger partial charge on any atom is -0.346 e. The van der Waals surface area contributed by atoms with E-state index in [-0.39, 0.29) is 5.91 Å². The van der Waals surface area contributed by atoms with Crippen molar-refractivity contribution in [2.45, 2.75) is 27.3 Å². The lowest BCUT2D eigenvalue weighted by atomic mass is 10.2. The van der Waals surface area contributed by atoms with E-state index in [1.165, 1.54) is 0 Å². The van der Waals surface area contributed by atoms with Crippen LogP contribution in [0.2, 0.25) is 0 Å². The van der Waals surface area contributed by atoms with Crippen molar-refractivity contribution in [2.75, 3.05) is 0 Å². The lowest BCUT2D eigenvalue weighted by Gasteiger charge is -2.10. The van der Waals surface area contributed by atoms with Crippen molar-refractivity contribution in [1.29, 1.82) is 0 Å². The van der Waals surface area contributed by atoms with Crippen molar-refractivity contribution in [3.05, 3.63) is 77.1 Å². The van der Waals surface area contributed by atoms with Crippen molar-refractivity contribution >= 4 is 5.91 Å². The maximum absolute atomic E-state index is 12.5. The van der Waals surface area contributed by atoms with Gasteiger partial charge >= 0.3 is 0 Å². The molecule has 122 valence electrons. The molecule has 0 saturated heterocycles. The second-order valence-electron chi connectivity index (χ2n) is 5.79. The van der Waals surface area contributed by atoms with E-state index < -0.39 is 0 Å². The van der Waals surface area contributed by atoms with Gasteiger partial charge in [0.1, 0.15) is 0 Å². The van der Waals surface area contributed by atoms with Crippen LogP contribution in [0.1, 0.15) is 33.1 Å². The molecule has 0 saturated carbocycles. The summed E-state index contributed by atoms with van der Waals surface area (Å²) in [6.07, 6.45) is 3.38. The molecule has 1 amide bonds. The molecule has 0 spiro atoms. The Labute approximate surface area is 141 Å². The number of nitrogens with zero attached hydrogens (tertiary/aromatic N) is 3. The average Bonchev–Trinajstić information content (AvgIpc) is 2.89. The molecular formula is C19H20N4O. The first-order chi connectivity index (χ1) is 11.6. The third kappa shape index (κ3) is 3.20. The van der Waals surface area contributed by atoms with Gasteiger partial charge < -0.3 is 9.88 Å². The van der Waals surface area contributed by atoms with Gasteiger partial charge in [-0.1, -0.05) is 18.2 Å². The van der Waals surface area contributed by atoms with Crippen molar-refractivity contribution < 1.29 is 4.79 Å². The molecule has 0 bridgehead atoms. The molecule has 0 unspecified atom stereocenters. The van der Waals surface area contributed by atoms with Crippen LogP contribution in [0.5, 0.6) is 0 Å². The molecule has 0 radical (unpaired) electrons. The van der Waals surface area contributed by atoms with Gasteiger partial charge in [0.15, 0.2) is 0 Å². The first-order valence-corrected chi connectivity index (χ1v) is 7.86. The van der Waals surface area contributed by atoms with Crippen molar-refractivity contribution in [3.8, 4) is 5.69 Å². The summed E-state index contributed by atoms with van der Waals surface area (Å²) in [5.41, 5.74) is 5.28. The smallest absolute Gasteiger partial charge is 0.253 e. The molecule has 0 aliphatic carbocycles. The fraction of sp³-hybridized carbons (Fsp3) is 0.211. The molecule has 2 aromatic heterocycles. The van der Waals surface area contributed by atoms with Crippen molar-refractivity contribution in [2.24, 2.45) is 0 Å². The monoisotopic (exact) mass is 320 g/mol. The van der Waals surface area contributed by atoms with Crippen LogP contribution in [0.15, 0.2) is 48.8 Å². The molecule has 2 heterocycles. The van der Waals surface area contributed by atoms with Crippen LogP contribution < -0.4 is 5.32 Å². The van der Waals surface area contributed by atoms with Crippen LogP contribution in [-0.4, -0.2) is 20.4 Å². The van der Waals surface area contributed by atoms with Gasteiger partial charge in [-0.15, -0.1) is 0 Å². The zero-order valence-corrected chi connectivity index (χ0v) is 14.1. The first kappa shape index (κ1) is 15.9. The van der Waals surface area contributed by atoms with Crippen LogP contribution in [-0.2, 0) is 6.54 Å². The molecule has 0 atom stereocenters. The SMILES string of the molecule is Cc1cnc(CNC(=O)c2cc(C)n(-c3ccccc3)c2C)cn1. The highest BCUT2D eigenvalue weighted by atomic mass is 16.1. The Balaban J connectivity index is 1.79. The Bertz CT molecular complexity index is 851. The Hall–Kier alpha value is -2.95. The zero-order valence-electron chi connectivity index (χ0n) is 14.1. The summed E-state index contributed by atoms with van der Waals surface area (Å²) in [7, 11) is 0. The van der Waals surface area contributed by atoms with E-state index in [0.29, 0.717) is 12.1 Å². The minimum atomic E-state index is -0.104. The number of amides is 1. The molecule has 24 heavy (non-hydrogen) atoms. The topological polar surface area (TPSA) is 59.8 Å². The first-order valence-electron chi connectivity index (χ1n) is 7.86. The maximum Gasteiger partial charge on any atom is 0.253 e. The number of aryl methyl sites for hydroxylation is 2. The highest BCUT2D eigenvalue weighted by Crippen LogP contribution is 2.20. The number of hydrogen-bond acceptors (Lipinski definition) is 3. The predicted octanol–water partition coefficient (Wildman–Crippen LogP) is 3.12. The quantitative estimate of drug-likeness (QED) is 0.803. The summed E-state index contributed by atoms with van der Waals surface area (Å²) in [5, 5.41) is 2.91. The number of rotatable bonds is 4. The molecular weight excluding hydrogens is 300 g/mol. The fourth-order valence-corrected chi connectivity index (χ4v) is 2.74. The van der Waals surface area contributed by atoms with Gasteiger partial charge in [-0.05, 0) is 39.0 Å². The lowest BCUT2D eigenvalue weighted by molar-refractivity contribution is 0.0950. The van der Waals surface area contributed by atoms with E-state index in [2.05, 4.69) is 19.9 Å². The van der Waals surface area contributed by atoms with Crippen LogP contribution in [0.4, 0.5) is 0 Å². The van der Waals surface area contributed by atoms with Crippen LogP contribution in [0, 0.1) is 20.8 Å². The Kier molecular flexibility index (Phi) is 4.42. The number of para-hydroxylation sites is 1. The summed E-state index contributed by atoms with van der Waals surface area (Å²) in [5.74, 6) is -0.104. The highest BCUT2D eigenvalue weighted by Gasteiger charge is 2.16. The van der Waals surface area contributed by atoms with Gasteiger partial charge in [0, 0.05) is 23.3 Å². The van der Waals surface area contributed by atoms with Gasteiger partial charge in [-0.3, -0.25) is 14.8 Å². The molecule has 0 aliphatic rings. The van der Waals surface area contributed by atoms with E-state index in [1.54, 1.807) is 12.4 Å². The van der Waals surface area contributed by atoms with E-state index in [4.69, 9.17) is 0 Å². The van der Waals surface area contributed by atoms with Gasteiger partial charge in [-0.2, -0.15) is 0 Å². The lowest BCUT2D eigenvalue weighted by Crippen LogP contribution is -2.24. The van der Waals surface area contributed by atoms with Crippen molar-refractivity contribution in [1.82, 2.24) is 19.9 Å². The zero-order chi connectivity index (χ0) is 17.1. The molecule has 3 rings (SSSR count). The summed E-state index contributed by atoms with van der Waals surface area (Å²) < 4.78 is 2.08. The van der Waals surface area contributed by atoms with E-state index in [0.717, 1.165) is 28.5 Å². The largest absolute Gasteiger partial charge is 0.346 e. The van der Waals surface area contributed by atoms with Crippen LogP contribution in [0.3, 0.4) is 0 Å². The van der Waals surface area contributed by atoms with Crippen molar-refractivity contribution in [3.63, 3.8) is 0 Å². The molecule has 3 aromatic rings. The number of aromatic nitrogens is 3. The molecule has 5 heteroatoms. The second kappa shape index (κ2) is 6.66. The number of nitrogens with one attached hydrogen (secondary N) is 1. The Morgan fingerprint density at radius 1 is 1.08 bits per heavy atom. The fourth-order valence-electron chi connectivity index (χ4n) is 2.74. The average molecular weight is 320 g/mol. The normalized spacial score (nSPS) is 10.6. The number of carbonyl (C=O) groups excluding carboxylic acids is 1. The summed E-state index contributed by atoms with van der Waals surface area (Å²) in [4.78, 5) is 21.0. The summed E-state index contributed by atoms with van der Waals surface area (Å²) >= 11 is 0. The van der Waals surface area contributed by atoms with Crippen LogP contribution in [0.25, 0.3) is 5.69 Å². The van der Waals surface area contributed by atoms with Gasteiger partial charge in [0.25, 0.3) is 5.91 Å². The molecule has 0 fully saturated rings. The molecule has 0 aliphatic heterocycles. The molecule has 1 aromatic carbocycles. The van der Waals surface area contributed by atoms with E-state index in [9.17, 15) is 4.79 Å². The highest BCUT2D eigenvalue weighted by molar-refractivity contribution is 5.95.